The van der Waals surface area contributed by atoms with Crippen molar-refractivity contribution in [2.24, 2.45) is 0 Å². The van der Waals surface area contributed by atoms with Crippen LogP contribution in [0.5, 0.6) is 0 Å². The Morgan fingerprint density at radius 3 is 1.90 bits per heavy atom. The first kappa shape index (κ1) is 14.0. The first-order chi connectivity index (χ1) is 10.0. The van der Waals surface area contributed by atoms with E-state index in [1.54, 1.807) is 11.5 Å². The zero-order chi connectivity index (χ0) is 15.0. The van der Waals surface area contributed by atoms with E-state index in [4.69, 9.17) is 0 Å². The maximum Gasteiger partial charge on any atom is 0.329 e. The Hall–Kier alpha value is -1.98. The number of hydrogen-bond donors (Lipinski definition) is 1. The molecule has 0 aliphatic rings. The van der Waals surface area contributed by atoms with Gasteiger partial charge in [0.05, 0.1) is 0 Å². The average molecular weight is 302 g/mol. The minimum absolute atomic E-state index is 0.293. The molecule has 1 aromatic heterocycles. The van der Waals surface area contributed by atoms with E-state index >= 15 is 0 Å². The molecule has 4 nitrogen and oxygen atoms in total. The molecule has 1 N–H and O–H groups in total. The summed E-state index contributed by atoms with van der Waals surface area (Å²) in [5, 5.41) is 0.894. The molecule has 1 unspecified atom stereocenters. The molecule has 0 bridgehead atoms. The van der Waals surface area contributed by atoms with Gasteiger partial charge in [-0.25, -0.2) is 0 Å². The van der Waals surface area contributed by atoms with Crippen LogP contribution in [0.1, 0.15) is 18.7 Å². The van der Waals surface area contributed by atoms with Crippen molar-refractivity contribution in [3.05, 3.63) is 54.6 Å². The molecule has 1 heterocycles. The third kappa shape index (κ3) is 2.39. The summed E-state index contributed by atoms with van der Waals surface area (Å²) < 4.78 is 34.9. The van der Waals surface area contributed by atoms with E-state index < -0.39 is 15.5 Å². The Morgan fingerprint density at radius 2 is 1.48 bits per heavy atom. The molecule has 0 aliphatic carbocycles. The van der Waals surface area contributed by atoms with E-state index in [9.17, 15) is 13.0 Å². The Balaban J connectivity index is 2.51. The fraction of sp³-hybridized carbons (Fsp3) is 0.188. The maximum atomic E-state index is 11.8. The van der Waals surface area contributed by atoms with Gasteiger partial charge in [0.2, 0.25) is 11.0 Å². The van der Waals surface area contributed by atoms with Crippen molar-refractivity contribution in [3.63, 3.8) is 0 Å². The first-order valence-corrected chi connectivity index (χ1v) is 8.31. The van der Waals surface area contributed by atoms with Gasteiger partial charge < -0.3 is 0 Å². The molecule has 0 fully saturated rings. The van der Waals surface area contributed by atoms with Crippen LogP contribution in [0.25, 0.3) is 21.8 Å². The summed E-state index contributed by atoms with van der Waals surface area (Å²) in [6.45, 7) is 1.75. The second-order valence-corrected chi connectivity index (χ2v) is 6.58. The standard InChI is InChI=1S/C16H15NO3S/c1-2-16(21(18,19)20)17-14-9-5-3-7-12(14)11-13-8-4-6-10-15(13)17/h3-11,16H,2H2,1H3/p+1. The van der Waals surface area contributed by atoms with Gasteiger partial charge in [0.1, 0.15) is 0 Å². The van der Waals surface area contributed by atoms with Crippen molar-refractivity contribution in [1.82, 2.24) is 0 Å². The summed E-state index contributed by atoms with van der Waals surface area (Å²) in [4.78, 5) is 0. The van der Waals surface area contributed by atoms with Crippen molar-refractivity contribution in [2.75, 3.05) is 0 Å². The van der Waals surface area contributed by atoms with Crippen molar-refractivity contribution in [2.45, 2.75) is 18.7 Å². The highest BCUT2D eigenvalue weighted by atomic mass is 32.2. The van der Waals surface area contributed by atoms with Gasteiger partial charge in [0, 0.05) is 29.3 Å². The second-order valence-electron chi connectivity index (χ2n) is 5.01. The molecule has 2 aromatic carbocycles. The highest BCUT2D eigenvalue weighted by Gasteiger charge is 2.33. The number of fused-ring (bicyclic) bond motifs is 2. The van der Waals surface area contributed by atoms with E-state index in [0.717, 1.165) is 21.8 Å². The van der Waals surface area contributed by atoms with E-state index in [0.29, 0.717) is 6.42 Å². The summed E-state index contributed by atoms with van der Waals surface area (Å²) in [5.74, 6) is 0. The molecule has 0 aliphatic heterocycles. The largest absolute Gasteiger partial charge is 0.329 e. The molecule has 108 valence electrons. The maximum absolute atomic E-state index is 11.8. The molecular weight excluding hydrogens is 286 g/mol. The van der Waals surface area contributed by atoms with Crippen LogP contribution < -0.4 is 4.57 Å². The lowest BCUT2D eigenvalue weighted by molar-refractivity contribution is -0.651. The third-order valence-electron chi connectivity index (χ3n) is 3.68. The highest BCUT2D eigenvalue weighted by molar-refractivity contribution is 7.85. The number of aromatic nitrogens is 1. The Labute approximate surface area is 123 Å². The predicted molar refractivity (Wildman–Crippen MR) is 82.5 cm³/mol. The Kier molecular flexibility index (Phi) is 3.39. The molecule has 5 heteroatoms. The Bertz CT molecular complexity index is 865. The smallest absolute Gasteiger partial charge is 0.280 e. The number of rotatable bonds is 3. The highest BCUT2D eigenvalue weighted by Crippen LogP contribution is 2.22. The van der Waals surface area contributed by atoms with Gasteiger partial charge >= 0.3 is 10.1 Å². The van der Waals surface area contributed by atoms with Gasteiger partial charge in [-0.3, -0.25) is 4.55 Å². The quantitative estimate of drug-likeness (QED) is 0.459. The zero-order valence-corrected chi connectivity index (χ0v) is 12.4. The van der Waals surface area contributed by atoms with Gasteiger partial charge in [-0.05, 0) is 18.2 Å². The van der Waals surface area contributed by atoms with Crippen molar-refractivity contribution >= 4 is 31.9 Å². The minimum atomic E-state index is -4.19. The first-order valence-electron chi connectivity index (χ1n) is 6.80. The third-order valence-corrected chi connectivity index (χ3v) is 4.92. The van der Waals surface area contributed by atoms with Gasteiger partial charge in [0.25, 0.3) is 5.37 Å². The SMILES string of the molecule is CCC([n+]1c2ccccc2cc2ccccc21)S(=O)(=O)O. The molecule has 0 radical (unpaired) electrons. The van der Waals surface area contributed by atoms with E-state index in [2.05, 4.69) is 0 Å². The number of benzene rings is 2. The summed E-state index contributed by atoms with van der Waals surface area (Å²) in [6, 6.07) is 17.2. The zero-order valence-electron chi connectivity index (χ0n) is 11.6. The minimum Gasteiger partial charge on any atom is -0.280 e. The van der Waals surface area contributed by atoms with Crippen LogP contribution in [0.3, 0.4) is 0 Å². The summed E-state index contributed by atoms with van der Waals surface area (Å²) >= 11 is 0. The molecule has 3 aromatic rings. The van der Waals surface area contributed by atoms with Crippen LogP contribution in [-0.2, 0) is 10.1 Å². The van der Waals surface area contributed by atoms with Crippen LogP contribution in [-0.4, -0.2) is 13.0 Å². The molecule has 3 rings (SSSR count). The van der Waals surface area contributed by atoms with Gasteiger partial charge in [-0.15, -0.1) is 0 Å². The lowest BCUT2D eigenvalue weighted by Gasteiger charge is -2.12. The summed E-state index contributed by atoms with van der Waals surface area (Å²) in [6.07, 6.45) is 0.293. The van der Waals surface area contributed by atoms with E-state index in [1.165, 1.54) is 0 Å². The fourth-order valence-corrected chi connectivity index (χ4v) is 3.71. The van der Waals surface area contributed by atoms with Gasteiger partial charge in [-0.2, -0.15) is 13.0 Å². The van der Waals surface area contributed by atoms with Crippen molar-refractivity contribution in [1.29, 1.82) is 0 Å². The van der Waals surface area contributed by atoms with Crippen molar-refractivity contribution < 1.29 is 17.5 Å². The molecule has 21 heavy (non-hydrogen) atoms. The molecule has 0 saturated carbocycles. The Morgan fingerprint density at radius 1 is 1.00 bits per heavy atom. The molecule has 0 saturated heterocycles. The average Bonchev–Trinajstić information content (AvgIpc) is 2.46. The van der Waals surface area contributed by atoms with E-state index in [-0.39, 0.29) is 0 Å². The molecule has 1 atom stereocenters. The topological polar surface area (TPSA) is 58.2 Å². The lowest BCUT2D eigenvalue weighted by atomic mass is 10.1. The number of hydrogen-bond acceptors (Lipinski definition) is 2. The summed E-state index contributed by atoms with van der Waals surface area (Å²) in [7, 11) is -4.19. The lowest BCUT2D eigenvalue weighted by Crippen LogP contribution is -2.44. The number of para-hydroxylation sites is 2. The van der Waals surface area contributed by atoms with Crippen LogP contribution in [0.2, 0.25) is 0 Å². The molecule has 0 spiro atoms. The number of nitrogens with zero attached hydrogens (tertiary/aromatic N) is 1. The normalized spacial score (nSPS) is 13.6. The van der Waals surface area contributed by atoms with Crippen LogP contribution in [0.15, 0.2) is 54.6 Å². The summed E-state index contributed by atoms with van der Waals surface area (Å²) in [5.41, 5.74) is 1.58. The van der Waals surface area contributed by atoms with E-state index in [1.807, 2.05) is 54.6 Å². The van der Waals surface area contributed by atoms with Crippen molar-refractivity contribution in [3.8, 4) is 0 Å². The van der Waals surface area contributed by atoms with Crippen LogP contribution >= 0.6 is 0 Å². The fourth-order valence-electron chi connectivity index (χ4n) is 2.79. The second kappa shape index (κ2) is 5.09. The molecular formula is C16H16NO3S+. The number of pyridine rings is 1. The predicted octanol–water partition coefficient (Wildman–Crippen LogP) is 3.08. The van der Waals surface area contributed by atoms with Crippen LogP contribution in [0, 0.1) is 0 Å². The van der Waals surface area contributed by atoms with Crippen LogP contribution in [0.4, 0.5) is 0 Å². The molecule has 0 amide bonds. The van der Waals surface area contributed by atoms with Gasteiger partial charge in [-0.1, -0.05) is 31.2 Å². The van der Waals surface area contributed by atoms with Gasteiger partial charge in [0.15, 0.2) is 0 Å². The monoisotopic (exact) mass is 302 g/mol.